The summed E-state index contributed by atoms with van der Waals surface area (Å²) in [4.78, 5) is 11.4. The van der Waals surface area contributed by atoms with Gasteiger partial charge in [-0.25, -0.2) is 9.97 Å². The first-order valence-electron chi connectivity index (χ1n) is 22.3. The topological polar surface area (TPSA) is 52.1 Å². The average molecular weight is 843 g/mol. The second-order valence-electron chi connectivity index (χ2n) is 16.8. The number of benzene rings is 10. The van der Waals surface area contributed by atoms with E-state index in [4.69, 9.17) is 18.8 Å². The molecule has 0 bridgehead atoms. The fourth-order valence-electron chi connectivity index (χ4n) is 9.90. The van der Waals surface area contributed by atoms with Gasteiger partial charge in [0.05, 0.1) is 11.4 Å². The lowest BCUT2D eigenvalue weighted by Gasteiger charge is -2.22. The predicted molar refractivity (Wildman–Crippen MR) is 272 cm³/mol. The molecule has 0 saturated carbocycles. The number of hydrogen-bond acceptors (Lipinski definition) is 4. The number of aromatic nitrogens is 2. The summed E-state index contributed by atoms with van der Waals surface area (Å²) in [6.07, 6.45) is 0. The Morgan fingerprint density at radius 2 is 0.742 bits per heavy atom. The Hall–Kier alpha value is -8.86. The number of furan rings is 2. The summed E-state index contributed by atoms with van der Waals surface area (Å²) < 4.78 is 13.4. The zero-order chi connectivity index (χ0) is 43.6. The van der Waals surface area contributed by atoms with Gasteiger partial charge in [0.1, 0.15) is 22.3 Å². The Morgan fingerprint density at radius 3 is 1.41 bits per heavy atom. The Kier molecular flexibility index (Phi) is 8.81. The first-order valence-corrected chi connectivity index (χ1v) is 22.3. The lowest BCUT2D eigenvalue weighted by Crippen LogP contribution is -2.01. The van der Waals surface area contributed by atoms with Crippen molar-refractivity contribution >= 4 is 54.6 Å². The molecule has 13 rings (SSSR count). The van der Waals surface area contributed by atoms with E-state index in [0.717, 1.165) is 116 Å². The van der Waals surface area contributed by atoms with E-state index < -0.39 is 0 Å². The Morgan fingerprint density at radius 1 is 0.273 bits per heavy atom. The maximum Gasteiger partial charge on any atom is 0.161 e. The van der Waals surface area contributed by atoms with Crippen LogP contribution < -0.4 is 0 Å². The van der Waals surface area contributed by atoms with Gasteiger partial charge >= 0.3 is 0 Å². The van der Waals surface area contributed by atoms with E-state index in [1.165, 1.54) is 10.8 Å². The van der Waals surface area contributed by atoms with Crippen LogP contribution in [0.5, 0.6) is 0 Å². The number of nitrogens with zero attached hydrogens (tertiary/aromatic N) is 2. The van der Waals surface area contributed by atoms with Crippen LogP contribution in [0.15, 0.2) is 239 Å². The van der Waals surface area contributed by atoms with Crippen LogP contribution in [0.25, 0.3) is 133 Å². The summed E-state index contributed by atoms with van der Waals surface area (Å²) in [5.74, 6) is 0.588. The standard InChI is InChI=1S/C62H38N2O2/c1-3-17-39(18-4-1)42-23-13-24-43(37-42)58-49(46-28-14-22-40-21-7-8-25-44(40)46)36-35-45(41-19-5-2-6-20-41)59(58)62-63-54(52-31-15-29-50-47-26-9-11-33-56(47)65-60(50)52)38-55(64-62)53-32-16-30-51-48-27-10-12-34-57(48)66-61(51)53/h1-38H. The van der Waals surface area contributed by atoms with Crippen LogP contribution in [0.2, 0.25) is 0 Å². The summed E-state index contributed by atoms with van der Waals surface area (Å²) in [7, 11) is 0. The third-order valence-electron chi connectivity index (χ3n) is 12.9. The van der Waals surface area contributed by atoms with Crippen LogP contribution in [0.4, 0.5) is 0 Å². The molecule has 0 radical (unpaired) electrons. The van der Waals surface area contributed by atoms with Crippen molar-refractivity contribution in [3.05, 3.63) is 231 Å². The summed E-state index contributed by atoms with van der Waals surface area (Å²) in [6, 6.07) is 81.0. The fourth-order valence-corrected chi connectivity index (χ4v) is 9.90. The van der Waals surface area contributed by atoms with Gasteiger partial charge in [-0.3, -0.25) is 0 Å². The minimum atomic E-state index is 0.588. The molecular formula is C62H38N2O2. The normalized spacial score (nSPS) is 11.6. The van der Waals surface area contributed by atoms with Crippen LogP contribution in [0.1, 0.15) is 0 Å². The monoisotopic (exact) mass is 842 g/mol. The molecule has 0 spiro atoms. The molecule has 4 heteroatoms. The van der Waals surface area contributed by atoms with Gasteiger partial charge in [-0.2, -0.15) is 0 Å². The molecule has 4 nitrogen and oxygen atoms in total. The highest BCUT2D eigenvalue weighted by Crippen LogP contribution is 2.48. The van der Waals surface area contributed by atoms with Crippen LogP contribution >= 0.6 is 0 Å². The molecule has 0 aliphatic rings. The average Bonchev–Trinajstić information content (AvgIpc) is 3.97. The number of rotatable bonds is 7. The molecule has 0 amide bonds. The number of para-hydroxylation sites is 4. The molecule has 0 unspecified atom stereocenters. The molecular weight excluding hydrogens is 805 g/mol. The van der Waals surface area contributed by atoms with E-state index in [0.29, 0.717) is 5.82 Å². The molecule has 0 aliphatic heterocycles. The maximum atomic E-state index is 6.72. The third kappa shape index (κ3) is 6.22. The van der Waals surface area contributed by atoms with E-state index in [-0.39, 0.29) is 0 Å². The van der Waals surface area contributed by atoms with Crippen molar-refractivity contribution in [2.75, 3.05) is 0 Å². The van der Waals surface area contributed by atoms with Gasteiger partial charge in [0.25, 0.3) is 0 Å². The molecule has 66 heavy (non-hydrogen) atoms. The lowest BCUT2D eigenvalue weighted by molar-refractivity contribution is 0.669. The molecule has 0 aliphatic carbocycles. The van der Waals surface area contributed by atoms with Gasteiger partial charge < -0.3 is 8.83 Å². The summed E-state index contributed by atoms with van der Waals surface area (Å²) in [5.41, 5.74) is 16.0. The van der Waals surface area contributed by atoms with E-state index in [1.54, 1.807) is 0 Å². The van der Waals surface area contributed by atoms with Crippen LogP contribution in [-0.2, 0) is 0 Å². The molecule has 0 N–H and O–H groups in total. The molecule has 13 aromatic rings. The molecule has 0 fully saturated rings. The quantitative estimate of drug-likeness (QED) is 0.160. The summed E-state index contributed by atoms with van der Waals surface area (Å²) >= 11 is 0. The molecule has 308 valence electrons. The van der Waals surface area contributed by atoms with E-state index in [1.807, 2.05) is 24.3 Å². The van der Waals surface area contributed by atoms with Crippen molar-refractivity contribution in [3.63, 3.8) is 0 Å². The second-order valence-corrected chi connectivity index (χ2v) is 16.8. The first-order chi connectivity index (χ1) is 32.7. The summed E-state index contributed by atoms with van der Waals surface area (Å²) in [6.45, 7) is 0. The van der Waals surface area contributed by atoms with Crippen LogP contribution in [-0.4, -0.2) is 9.97 Å². The Balaban J connectivity index is 1.18. The number of hydrogen-bond donors (Lipinski definition) is 0. The minimum Gasteiger partial charge on any atom is -0.455 e. The van der Waals surface area contributed by atoms with Gasteiger partial charge in [-0.05, 0) is 86.1 Å². The smallest absolute Gasteiger partial charge is 0.161 e. The maximum absolute atomic E-state index is 6.72. The predicted octanol–water partition coefficient (Wildman–Crippen LogP) is 17.1. The van der Waals surface area contributed by atoms with Gasteiger partial charge in [-0.15, -0.1) is 0 Å². The van der Waals surface area contributed by atoms with E-state index >= 15 is 0 Å². The third-order valence-corrected chi connectivity index (χ3v) is 12.9. The zero-order valence-electron chi connectivity index (χ0n) is 35.7. The molecule has 0 saturated heterocycles. The minimum absolute atomic E-state index is 0.588. The van der Waals surface area contributed by atoms with Crippen molar-refractivity contribution in [1.82, 2.24) is 9.97 Å². The Labute approximate surface area is 380 Å². The van der Waals surface area contributed by atoms with Gasteiger partial charge in [-0.1, -0.05) is 194 Å². The van der Waals surface area contributed by atoms with Crippen molar-refractivity contribution in [2.45, 2.75) is 0 Å². The van der Waals surface area contributed by atoms with Crippen LogP contribution in [0.3, 0.4) is 0 Å². The highest BCUT2D eigenvalue weighted by molar-refractivity contribution is 6.12. The van der Waals surface area contributed by atoms with Crippen LogP contribution in [0, 0.1) is 0 Å². The Bertz CT molecular complexity index is 3860. The van der Waals surface area contributed by atoms with Crippen molar-refractivity contribution < 1.29 is 8.83 Å². The lowest BCUT2D eigenvalue weighted by atomic mass is 9.83. The highest BCUT2D eigenvalue weighted by Gasteiger charge is 2.26. The first kappa shape index (κ1) is 37.7. The van der Waals surface area contributed by atoms with Gasteiger partial charge in [0.15, 0.2) is 5.82 Å². The second kappa shape index (κ2) is 15.4. The molecule has 10 aromatic carbocycles. The van der Waals surface area contributed by atoms with Gasteiger partial charge in [0, 0.05) is 43.8 Å². The van der Waals surface area contributed by atoms with Crippen molar-refractivity contribution in [1.29, 1.82) is 0 Å². The number of fused-ring (bicyclic) bond motifs is 7. The molecule has 3 aromatic heterocycles. The van der Waals surface area contributed by atoms with Crippen molar-refractivity contribution in [3.8, 4) is 78.4 Å². The SMILES string of the molecule is c1ccc(-c2cccc(-c3c(-c4cccc5ccccc45)ccc(-c4ccccc4)c3-c3nc(-c4cccc5c4oc4ccccc45)cc(-c4cccc5c4oc4ccccc45)n3)c2)cc1. The summed E-state index contributed by atoms with van der Waals surface area (Å²) in [5, 5.41) is 6.53. The van der Waals surface area contributed by atoms with Gasteiger partial charge in [0.2, 0.25) is 0 Å². The molecule has 3 heterocycles. The van der Waals surface area contributed by atoms with E-state index in [2.05, 4.69) is 206 Å². The zero-order valence-corrected chi connectivity index (χ0v) is 35.7. The largest absolute Gasteiger partial charge is 0.455 e. The van der Waals surface area contributed by atoms with E-state index in [9.17, 15) is 0 Å². The molecule has 0 atom stereocenters. The highest BCUT2D eigenvalue weighted by atomic mass is 16.3. The van der Waals surface area contributed by atoms with Crippen molar-refractivity contribution in [2.24, 2.45) is 0 Å². The fraction of sp³-hybridized carbons (Fsp3) is 0.